The Balaban J connectivity index is 3.04. The van der Waals surface area contributed by atoms with Crippen LogP contribution in [0.25, 0.3) is 0 Å². The zero-order valence-electron chi connectivity index (χ0n) is 12.0. The number of hydrogen-bond acceptors (Lipinski definition) is 4. The zero-order valence-corrected chi connectivity index (χ0v) is 12.9. The second-order valence-corrected chi connectivity index (χ2v) is 6.58. The van der Waals surface area contributed by atoms with Crippen molar-refractivity contribution in [3.05, 3.63) is 23.9 Å². The van der Waals surface area contributed by atoms with Crippen LogP contribution in [0.5, 0.6) is 0 Å². The van der Waals surface area contributed by atoms with E-state index in [0.717, 1.165) is 12.0 Å². The van der Waals surface area contributed by atoms with Gasteiger partial charge in [0.25, 0.3) is 10.0 Å². The molecule has 0 aliphatic rings. The lowest BCUT2D eigenvalue weighted by Crippen LogP contribution is -2.37. The van der Waals surface area contributed by atoms with Crippen molar-refractivity contribution in [3.8, 4) is 0 Å². The van der Waals surface area contributed by atoms with Gasteiger partial charge >= 0.3 is 0 Å². The van der Waals surface area contributed by atoms with Crippen molar-refractivity contribution in [2.24, 2.45) is 0 Å². The Morgan fingerprint density at radius 1 is 1.37 bits per heavy atom. The maximum Gasteiger partial charge on any atom is 0.260 e. The van der Waals surface area contributed by atoms with Gasteiger partial charge in [0.15, 0.2) is 5.03 Å². The van der Waals surface area contributed by atoms with Crippen LogP contribution < -0.4 is 5.32 Å². The Morgan fingerprint density at radius 2 is 2.05 bits per heavy atom. The minimum atomic E-state index is -3.49. The van der Waals surface area contributed by atoms with Crippen LogP contribution >= 0.6 is 0 Å². The summed E-state index contributed by atoms with van der Waals surface area (Å²) in [6.07, 6.45) is 2.39. The minimum Gasteiger partial charge on any atom is -0.316 e. The molecule has 0 radical (unpaired) electrons. The lowest BCUT2D eigenvalue weighted by atomic mass is 10.3. The second-order valence-electron chi connectivity index (χ2n) is 4.74. The predicted octanol–water partition coefficient (Wildman–Crippen LogP) is 1.61. The summed E-state index contributed by atoms with van der Waals surface area (Å²) in [6.45, 7) is 6.91. The third-order valence-corrected chi connectivity index (χ3v) is 4.76. The van der Waals surface area contributed by atoms with E-state index in [0.29, 0.717) is 13.1 Å². The third kappa shape index (κ3) is 3.99. The van der Waals surface area contributed by atoms with Crippen molar-refractivity contribution in [1.29, 1.82) is 0 Å². The summed E-state index contributed by atoms with van der Waals surface area (Å²) in [5.74, 6) is 0. The summed E-state index contributed by atoms with van der Waals surface area (Å²) in [5.41, 5.74) is 0.966. The highest BCUT2D eigenvalue weighted by atomic mass is 32.2. The number of nitrogens with zero attached hydrogens (tertiary/aromatic N) is 2. The van der Waals surface area contributed by atoms with E-state index in [-0.39, 0.29) is 11.1 Å². The molecule has 1 aromatic rings. The van der Waals surface area contributed by atoms with Crippen molar-refractivity contribution in [1.82, 2.24) is 14.6 Å². The molecule has 0 amide bonds. The maximum atomic E-state index is 12.5. The lowest BCUT2D eigenvalue weighted by Gasteiger charge is -2.24. The summed E-state index contributed by atoms with van der Waals surface area (Å²) in [7, 11) is -1.65. The van der Waals surface area contributed by atoms with Crippen molar-refractivity contribution in [3.63, 3.8) is 0 Å². The number of aromatic nitrogens is 1. The topological polar surface area (TPSA) is 62.3 Å². The minimum absolute atomic E-state index is 0.0660. The fourth-order valence-electron chi connectivity index (χ4n) is 1.87. The van der Waals surface area contributed by atoms with E-state index in [2.05, 4.69) is 10.3 Å². The molecule has 1 aromatic heterocycles. The standard InChI is InChI=1S/C13H23N3O2S/c1-5-8-16(11(2)3)19(17,18)13-7-6-12(9-14-4)10-15-13/h6-7,10-11,14H,5,8-9H2,1-4H3. The molecule has 1 heterocycles. The quantitative estimate of drug-likeness (QED) is 0.827. The fraction of sp³-hybridized carbons (Fsp3) is 0.615. The van der Waals surface area contributed by atoms with E-state index in [1.807, 2.05) is 27.8 Å². The number of sulfonamides is 1. The first kappa shape index (κ1) is 16.1. The van der Waals surface area contributed by atoms with Crippen LogP contribution in [0, 0.1) is 0 Å². The summed E-state index contributed by atoms with van der Waals surface area (Å²) < 4.78 is 26.5. The first-order valence-corrected chi connectivity index (χ1v) is 7.98. The van der Waals surface area contributed by atoms with Crippen LogP contribution in [0.15, 0.2) is 23.4 Å². The smallest absolute Gasteiger partial charge is 0.260 e. The van der Waals surface area contributed by atoms with Gasteiger partial charge in [-0.3, -0.25) is 0 Å². The van der Waals surface area contributed by atoms with E-state index in [4.69, 9.17) is 0 Å². The van der Waals surface area contributed by atoms with Crippen molar-refractivity contribution < 1.29 is 8.42 Å². The van der Waals surface area contributed by atoms with Crippen LogP contribution in [-0.2, 0) is 16.6 Å². The predicted molar refractivity (Wildman–Crippen MR) is 76.3 cm³/mol. The average Bonchev–Trinajstić information content (AvgIpc) is 2.36. The highest BCUT2D eigenvalue weighted by Crippen LogP contribution is 2.17. The summed E-state index contributed by atoms with van der Waals surface area (Å²) in [4.78, 5) is 4.08. The average molecular weight is 285 g/mol. The molecule has 0 aliphatic heterocycles. The molecule has 0 spiro atoms. The molecule has 0 unspecified atom stereocenters. The van der Waals surface area contributed by atoms with Crippen LogP contribution in [-0.4, -0.2) is 37.3 Å². The normalized spacial score (nSPS) is 12.3. The van der Waals surface area contributed by atoms with E-state index in [9.17, 15) is 8.42 Å². The zero-order chi connectivity index (χ0) is 14.5. The first-order valence-electron chi connectivity index (χ1n) is 6.54. The van der Waals surface area contributed by atoms with Gasteiger partial charge in [0.1, 0.15) is 0 Å². The van der Waals surface area contributed by atoms with Gasteiger partial charge in [0.2, 0.25) is 0 Å². The summed E-state index contributed by atoms with van der Waals surface area (Å²) >= 11 is 0. The van der Waals surface area contributed by atoms with Gasteiger partial charge in [-0.15, -0.1) is 0 Å². The van der Waals surface area contributed by atoms with Crippen LogP contribution in [0.2, 0.25) is 0 Å². The molecule has 1 N–H and O–H groups in total. The Morgan fingerprint density at radius 3 is 2.47 bits per heavy atom. The maximum absolute atomic E-state index is 12.5. The Hall–Kier alpha value is -0.980. The van der Waals surface area contributed by atoms with Crippen LogP contribution in [0.1, 0.15) is 32.8 Å². The van der Waals surface area contributed by atoms with Crippen molar-refractivity contribution >= 4 is 10.0 Å². The molecule has 0 saturated heterocycles. The number of nitrogens with one attached hydrogen (secondary N) is 1. The van der Waals surface area contributed by atoms with Gasteiger partial charge in [-0.2, -0.15) is 4.31 Å². The largest absolute Gasteiger partial charge is 0.316 e. The molecule has 5 nitrogen and oxygen atoms in total. The number of pyridine rings is 1. The molecule has 0 fully saturated rings. The molecule has 0 bridgehead atoms. The highest BCUT2D eigenvalue weighted by Gasteiger charge is 2.27. The van der Waals surface area contributed by atoms with Crippen LogP contribution in [0.4, 0.5) is 0 Å². The fourth-order valence-corrected chi connectivity index (χ4v) is 3.51. The molecule has 0 atom stereocenters. The number of hydrogen-bond donors (Lipinski definition) is 1. The van der Waals surface area contributed by atoms with Gasteiger partial charge in [-0.25, -0.2) is 13.4 Å². The third-order valence-electron chi connectivity index (χ3n) is 2.77. The first-order chi connectivity index (χ1) is 8.93. The highest BCUT2D eigenvalue weighted by molar-refractivity contribution is 7.89. The number of rotatable bonds is 7. The molecular weight excluding hydrogens is 262 g/mol. The molecule has 108 valence electrons. The van der Waals surface area contributed by atoms with Gasteiger partial charge in [0, 0.05) is 25.3 Å². The Kier molecular flexibility index (Phi) is 5.90. The Labute approximate surface area is 116 Å². The molecule has 0 aromatic carbocycles. The van der Waals surface area contributed by atoms with Crippen molar-refractivity contribution in [2.75, 3.05) is 13.6 Å². The molecule has 1 rings (SSSR count). The van der Waals surface area contributed by atoms with Gasteiger partial charge in [-0.05, 0) is 38.9 Å². The second kappa shape index (κ2) is 6.98. The van der Waals surface area contributed by atoms with E-state index in [1.54, 1.807) is 18.3 Å². The van der Waals surface area contributed by atoms with Crippen LogP contribution in [0.3, 0.4) is 0 Å². The van der Waals surface area contributed by atoms with Gasteiger partial charge in [0.05, 0.1) is 0 Å². The lowest BCUT2D eigenvalue weighted by molar-refractivity contribution is 0.352. The Bertz CT molecular complexity index is 483. The molecular formula is C13H23N3O2S. The summed E-state index contributed by atoms with van der Waals surface area (Å²) in [6, 6.07) is 3.30. The molecule has 0 saturated carbocycles. The van der Waals surface area contributed by atoms with Gasteiger partial charge in [-0.1, -0.05) is 13.0 Å². The molecule has 0 aliphatic carbocycles. The molecule has 19 heavy (non-hydrogen) atoms. The monoisotopic (exact) mass is 285 g/mol. The van der Waals surface area contributed by atoms with E-state index < -0.39 is 10.0 Å². The SMILES string of the molecule is CCCN(C(C)C)S(=O)(=O)c1ccc(CNC)cn1. The summed E-state index contributed by atoms with van der Waals surface area (Å²) in [5, 5.41) is 3.12. The molecule has 6 heteroatoms. The van der Waals surface area contributed by atoms with Gasteiger partial charge < -0.3 is 5.32 Å². The van der Waals surface area contributed by atoms with E-state index >= 15 is 0 Å². The van der Waals surface area contributed by atoms with Crippen molar-refractivity contribution in [2.45, 2.75) is 44.8 Å². The van der Waals surface area contributed by atoms with E-state index in [1.165, 1.54) is 4.31 Å².